The van der Waals surface area contributed by atoms with E-state index in [0.29, 0.717) is 28.7 Å². The van der Waals surface area contributed by atoms with Gasteiger partial charge in [0.2, 0.25) is 15.8 Å². The van der Waals surface area contributed by atoms with Crippen molar-refractivity contribution in [2.45, 2.75) is 40.5 Å². The maximum atomic E-state index is 12.7. The van der Waals surface area contributed by atoms with Crippen LogP contribution in [0, 0.1) is 13.8 Å². The van der Waals surface area contributed by atoms with Gasteiger partial charge in [-0.25, -0.2) is 18.1 Å². The predicted octanol–water partition coefficient (Wildman–Crippen LogP) is 4.02. The highest BCUT2D eigenvalue weighted by Crippen LogP contribution is 2.24. The zero-order chi connectivity index (χ0) is 22.8. The highest BCUT2D eigenvalue weighted by Gasteiger charge is 2.18. The fourth-order valence-electron chi connectivity index (χ4n) is 3.17. The summed E-state index contributed by atoms with van der Waals surface area (Å²) in [7, 11) is -3.37. The number of aryl methyl sites for hydroxylation is 2. The molecule has 0 saturated heterocycles. The SMILES string of the molecule is CCS(=O)(=O)Nc1ccc(NC(=O)c2nc(C)n(-c3ccccc3C(C)C)n2)cc1C. The highest BCUT2D eigenvalue weighted by atomic mass is 32.2. The van der Waals surface area contributed by atoms with E-state index >= 15 is 0 Å². The summed E-state index contributed by atoms with van der Waals surface area (Å²) in [6.45, 7) is 9.35. The molecule has 0 aliphatic rings. The Kier molecular flexibility index (Phi) is 6.45. The zero-order valence-electron chi connectivity index (χ0n) is 18.3. The van der Waals surface area contributed by atoms with E-state index in [2.05, 4.69) is 34.0 Å². The second-order valence-corrected chi connectivity index (χ2v) is 9.61. The molecule has 0 atom stereocenters. The Morgan fingerprint density at radius 2 is 1.84 bits per heavy atom. The lowest BCUT2D eigenvalue weighted by Crippen LogP contribution is -2.16. The van der Waals surface area contributed by atoms with Crippen LogP contribution in [0.2, 0.25) is 0 Å². The van der Waals surface area contributed by atoms with E-state index < -0.39 is 15.9 Å². The van der Waals surface area contributed by atoms with Crippen molar-refractivity contribution < 1.29 is 13.2 Å². The number of hydrogen-bond donors (Lipinski definition) is 2. The van der Waals surface area contributed by atoms with Gasteiger partial charge in [0.25, 0.3) is 5.91 Å². The van der Waals surface area contributed by atoms with Crippen LogP contribution in [0.1, 0.15) is 54.3 Å². The quantitative estimate of drug-likeness (QED) is 0.576. The standard InChI is InChI=1S/C22H27N5O3S/c1-6-31(29,30)26-19-12-11-17(13-15(19)4)24-22(28)21-23-16(5)27(25-21)20-10-8-7-9-18(20)14(2)3/h7-14,26H,6H2,1-5H3,(H,24,28). The van der Waals surface area contributed by atoms with Crippen LogP contribution >= 0.6 is 0 Å². The third kappa shape index (κ3) is 5.11. The van der Waals surface area contributed by atoms with Crippen molar-refractivity contribution in [2.24, 2.45) is 0 Å². The molecule has 0 aliphatic heterocycles. The van der Waals surface area contributed by atoms with Crippen LogP contribution in [0.4, 0.5) is 11.4 Å². The molecule has 1 aromatic heterocycles. The van der Waals surface area contributed by atoms with E-state index in [9.17, 15) is 13.2 Å². The Labute approximate surface area is 182 Å². The second kappa shape index (κ2) is 8.89. The van der Waals surface area contributed by atoms with E-state index in [-0.39, 0.29) is 11.6 Å². The molecule has 8 nitrogen and oxygen atoms in total. The average Bonchev–Trinajstić information content (AvgIpc) is 3.11. The Morgan fingerprint density at radius 3 is 2.48 bits per heavy atom. The first-order valence-corrected chi connectivity index (χ1v) is 11.7. The minimum atomic E-state index is -3.37. The summed E-state index contributed by atoms with van der Waals surface area (Å²) in [5.74, 6) is 0.510. The third-order valence-electron chi connectivity index (χ3n) is 4.89. The van der Waals surface area contributed by atoms with Crippen molar-refractivity contribution in [3.8, 4) is 5.69 Å². The molecule has 1 heterocycles. The number of para-hydroxylation sites is 1. The molecular formula is C22H27N5O3S. The lowest BCUT2D eigenvalue weighted by molar-refractivity contribution is 0.101. The monoisotopic (exact) mass is 441 g/mol. The number of nitrogens with one attached hydrogen (secondary N) is 2. The number of anilines is 2. The fourth-order valence-corrected chi connectivity index (χ4v) is 3.87. The van der Waals surface area contributed by atoms with Gasteiger partial charge in [0, 0.05) is 5.69 Å². The van der Waals surface area contributed by atoms with E-state index in [0.717, 1.165) is 11.3 Å². The van der Waals surface area contributed by atoms with Crippen LogP contribution in [0.5, 0.6) is 0 Å². The molecule has 2 aromatic carbocycles. The van der Waals surface area contributed by atoms with E-state index in [1.54, 1.807) is 43.7 Å². The van der Waals surface area contributed by atoms with Gasteiger partial charge in [-0.1, -0.05) is 32.0 Å². The van der Waals surface area contributed by atoms with Gasteiger partial charge in [0.05, 0.1) is 17.1 Å². The lowest BCUT2D eigenvalue weighted by Gasteiger charge is -2.12. The molecule has 0 unspecified atom stereocenters. The molecule has 9 heteroatoms. The minimum absolute atomic E-state index is 0.0153. The Hall–Kier alpha value is -3.20. The number of hydrogen-bond acceptors (Lipinski definition) is 5. The number of aromatic nitrogens is 3. The molecule has 3 aromatic rings. The summed E-state index contributed by atoms with van der Waals surface area (Å²) < 4.78 is 27.8. The van der Waals surface area contributed by atoms with Gasteiger partial charge in [-0.05, 0) is 62.1 Å². The Bertz CT molecular complexity index is 1220. The molecule has 0 fully saturated rings. The van der Waals surface area contributed by atoms with Crippen LogP contribution in [-0.2, 0) is 10.0 Å². The molecule has 2 N–H and O–H groups in total. The molecule has 0 bridgehead atoms. The van der Waals surface area contributed by atoms with Crippen LogP contribution < -0.4 is 10.0 Å². The summed E-state index contributed by atoms with van der Waals surface area (Å²) in [4.78, 5) is 17.1. The van der Waals surface area contributed by atoms with Crippen molar-refractivity contribution in [3.63, 3.8) is 0 Å². The lowest BCUT2D eigenvalue weighted by atomic mass is 10.0. The van der Waals surface area contributed by atoms with Gasteiger partial charge in [0.1, 0.15) is 5.82 Å². The molecule has 1 amide bonds. The van der Waals surface area contributed by atoms with Crippen LogP contribution in [-0.4, -0.2) is 34.8 Å². The fraction of sp³-hybridized carbons (Fsp3) is 0.318. The zero-order valence-corrected chi connectivity index (χ0v) is 19.1. The summed E-state index contributed by atoms with van der Waals surface area (Å²) in [6.07, 6.45) is 0. The number of sulfonamides is 1. The second-order valence-electron chi connectivity index (χ2n) is 7.60. The van der Waals surface area contributed by atoms with Crippen molar-refractivity contribution >= 4 is 27.3 Å². The topological polar surface area (TPSA) is 106 Å². The predicted molar refractivity (Wildman–Crippen MR) is 122 cm³/mol. The first-order chi connectivity index (χ1) is 14.6. The summed E-state index contributed by atoms with van der Waals surface area (Å²) in [6, 6.07) is 12.9. The van der Waals surface area contributed by atoms with Crippen molar-refractivity contribution in [2.75, 3.05) is 15.8 Å². The maximum absolute atomic E-state index is 12.7. The van der Waals surface area contributed by atoms with Gasteiger partial charge < -0.3 is 5.32 Å². The van der Waals surface area contributed by atoms with Crippen LogP contribution in [0.3, 0.4) is 0 Å². The Balaban J connectivity index is 1.83. The normalized spacial score (nSPS) is 11.5. The number of benzene rings is 2. The number of carbonyl (C=O) groups is 1. The molecule has 31 heavy (non-hydrogen) atoms. The molecular weight excluding hydrogens is 414 g/mol. The van der Waals surface area contributed by atoms with E-state index in [1.165, 1.54) is 0 Å². The van der Waals surface area contributed by atoms with E-state index in [4.69, 9.17) is 0 Å². The molecule has 164 valence electrons. The maximum Gasteiger partial charge on any atom is 0.295 e. The van der Waals surface area contributed by atoms with Crippen molar-refractivity contribution in [3.05, 3.63) is 65.2 Å². The van der Waals surface area contributed by atoms with Crippen LogP contribution in [0.25, 0.3) is 5.69 Å². The van der Waals surface area contributed by atoms with E-state index in [1.807, 2.05) is 24.3 Å². The molecule has 3 rings (SSSR count). The number of rotatable bonds is 7. The van der Waals surface area contributed by atoms with Gasteiger partial charge in [-0.3, -0.25) is 9.52 Å². The smallest absolute Gasteiger partial charge is 0.295 e. The average molecular weight is 442 g/mol. The number of carbonyl (C=O) groups excluding carboxylic acids is 1. The molecule has 0 aliphatic carbocycles. The first kappa shape index (κ1) is 22.5. The third-order valence-corrected chi connectivity index (χ3v) is 6.18. The molecule has 0 radical (unpaired) electrons. The minimum Gasteiger partial charge on any atom is -0.319 e. The summed E-state index contributed by atoms with van der Waals surface area (Å²) in [5.41, 5.74) is 3.70. The van der Waals surface area contributed by atoms with Gasteiger partial charge in [-0.2, -0.15) is 0 Å². The van der Waals surface area contributed by atoms with Crippen molar-refractivity contribution in [1.82, 2.24) is 14.8 Å². The summed E-state index contributed by atoms with van der Waals surface area (Å²) >= 11 is 0. The summed E-state index contributed by atoms with van der Waals surface area (Å²) in [5, 5.41) is 7.20. The largest absolute Gasteiger partial charge is 0.319 e. The highest BCUT2D eigenvalue weighted by molar-refractivity contribution is 7.92. The molecule has 0 saturated carbocycles. The first-order valence-electron chi connectivity index (χ1n) is 10.1. The van der Waals surface area contributed by atoms with Crippen molar-refractivity contribution in [1.29, 1.82) is 0 Å². The van der Waals surface area contributed by atoms with Gasteiger partial charge in [0.15, 0.2) is 0 Å². The van der Waals surface area contributed by atoms with Gasteiger partial charge in [-0.15, -0.1) is 5.10 Å². The van der Waals surface area contributed by atoms with Gasteiger partial charge >= 0.3 is 0 Å². The van der Waals surface area contributed by atoms with Crippen LogP contribution in [0.15, 0.2) is 42.5 Å². The Morgan fingerprint density at radius 1 is 1.13 bits per heavy atom. The number of nitrogens with zero attached hydrogens (tertiary/aromatic N) is 3. The molecule has 0 spiro atoms. The number of amides is 1.